The van der Waals surface area contributed by atoms with Gasteiger partial charge in [-0.15, -0.1) is 0 Å². The molecule has 0 saturated heterocycles. The summed E-state index contributed by atoms with van der Waals surface area (Å²) in [5.41, 5.74) is 2.84. The molecule has 0 aliphatic carbocycles. The van der Waals surface area contributed by atoms with E-state index in [0.29, 0.717) is 5.92 Å². The molecule has 0 saturated carbocycles. The molecule has 2 heteroatoms. The molecule has 0 fully saturated rings. The molecule has 3 aromatic rings. The monoisotopic (exact) mass is 556 g/mol. The van der Waals surface area contributed by atoms with Crippen LogP contribution in [0.1, 0.15) is 153 Å². The first-order valence-electron chi connectivity index (χ1n) is 17.3. The standard InChI is InChI=1S/C39H60N2/c1-4-6-8-10-12-14-16-24-30-37(38-40-31-33-41(38)32-25-17-15-13-11-9-7-5-2)39(3,36-28-22-19-23-29-36)34-35-26-20-18-21-27-35/h18-23,26-29,31,33,37H,4-17,24-25,30,32,34H2,1-3H3. The van der Waals surface area contributed by atoms with E-state index in [2.05, 4.69) is 98.4 Å². The summed E-state index contributed by atoms with van der Waals surface area (Å²) in [7, 11) is 0. The van der Waals surface area contributed by atoms with Gasteiger partial charge in [-0.1, -0.05) is 178 Å². The third kappa shape index (κ3) is 11.4. The molecule has 1 aromatic heterocycles. The molecule has 2 atom stereocenters. The van der Waals surface area contributed by atoms with Crippen LogP contribution in [0.4, 0.5) is 0 Å². The Morgan fingerprint density at radius 3 is 1.73 bits per heavy atom. The molecular formula is C39H60N2. The van der Waals surface area contributed by atoms with Gasteiger partial charge in [0.15, 0.2) is 0 Å². The molecule has 226 valence electrons. The van der Waals surface area contributed by atoms with E-state index < -0.39 is 0 Å². The lowest BCUT2D eigenvalue weighted by Gasteiger charge is -2.39. The first-order valence-corrected chi connectivity index (χ1v) is 17.3. The van der Waals surface area contributed by atoms with Crippen LogP contribution >= 0.6 is 0 Å². The summed E-state index contributed by atoms with van der Waals surface area (Å²) in [5.74, 6) is 1.69. The number of aryl methyl sites for hydroxylation is 1. The second-order valence-electron chi connectivity index (χ2n) is 12.7. The normalized spacial score (nSPS) is 13.7. The third-order valence-corrected chi connectivity index (χ3v) is 9.27. The number of nitrogens with zero attached hydrogens (tertiary/aromatic N) is 2. The third-order valence-electron chi connectivity index (χ3n) is 9.27. The maximum atomic E-state index is 5.11. The van der Waals surface area contributed by atoms with E-state index in [0.717, 1.165) is 13.0 Å². The average molecular weight is 557 g/mol. The van der Waals surface area contributed by atoms with E-state index in [9.17, 15) is 0 Å². The Labute approximate surface area is 253 Å². The molecule has 41 heavy (non-hydrogen) atoms. The van der Waals surface area contributed by atoms with Crippen LogP contribution in [-0.2, 0) is 18.4 Å². The predicted octanol–water partition coefficient (Wildman–Crippen LogP) is 11.8. The Morgan fingerprint density at radius 2 is 1.15 bits per heavy atom. The van der Waals surface area contributed by atoms with E-state index in [1.165, 1.54) is 126 Å². The fourth-order valence-electron chi connectivity index (χ4n) is 6.72. The molecule has 1 heterocycles. The molecule has 0 bridgehead atoms. The van der Waals surface area contributed by atoms with Gasteiger partial charge in [-0.3, -0.25) is 0 Å². The van der Waals surface area contributed by atoms with Crippen LogP contribution in [0.5, 0.6) is 0 Å². The van der Waals surface area contributed by atoms with Gasteiger partial charge in [0.1, 0.15) is 5.82 Å². The van der Waals surface area contributed by atoms with Gasteiger partial charge in [0.2, 0.25) is 0 Å². The Balaban J connectivity index is 1.75. The van der Waals surface area contributed by atoms with Gasteiger partial charge in [0, 0.05) is 30.3 Å². The van der Waals surface area contributed by atoms with Gasteiger partial charge < -0.3 is 4.57 Å². The number of unbranched alkanes of at least 4 members (excludes halogenated alkanes) is 14. The lowest BCUT2D eigenvalue weighted by Crippen LogP contribution is -2.35. The maximum Gasteiger partial charge on any atom is 0.112 e. The van der Waals surface area contributed by atoms with E-state index in [-0.39, 0.29) is 5.41 Å². The Hall–Kier alpha value is -2.35. The van der Waals surface area contributed by atoms with E-state index in [4.69, 9.17) is 4.98 Å². The Bertz CT molecular complexity index is 1020. The molecule has 2 aromatic carbocycles. The zero-order chi connectivity index (χ0) is 29.0. The van der Waals surface area contributed by atoms with Gasteiger partial charge in [-0.25, -0.2) is 4.98 Å². The fraction of sp³-hybridized carbons (Fsp3) is 0.615. The van der Waals surface area contributed by atoms with Crippen molar-refractivity contribution in [2.24, 2.45) is 0 Å². The van der Waals surface area contributed by atoms with E-state index in [1.54, 1.807) is 0 Å². The molecule has 2 nitrogen and oxygen atoms in total. The predicted molar refractivity (Wildman–Crippen MR) is 179 cm³/mol. The topological polar surface area (TPSA) is 17.8 Å². The van der Waals surface area contributed by atoms with Crippen molar-refractivity contribution in [3.05, 3.63) is 90.0 Å². The van der Waals surface area contributed by atoms with Crippen molar-refractivity contribution in [2.45, 2.75) is 154 Å². The van der Waals surface area contributed by atoms with Crippen molar-refractivity contribution in [2.75, 3.05) is 0 Å². The molecular weight excluding hydrogens is 496 g/mol. The SMILES string of the molecule is CCCCCCCCCCC(c1nccn1CCCCCCCCCC)C(C)(Cc1ccccc1)c1ccccc1. The number of hydrogen-bond donors (Lipinski definition) is 0. The van der Waals surface area contributed by atoms with Gasteiger partial charge in [0.05, 0.1) is 0 Å². The summed E-state index contributed by atoms with van der Waals surface area (Å²) in [6.45, 7) is 8.21. The van der Waals surface area contributed by atoms with E-state index in [1.807, 2.05) is 0 Å². The highest BCUT2D eigenvalue weighted by molar-refractivity contribution is 5.33. The van der Waals surface area contributed by atoms with Crippen LogP contribution in [0.15, 0.2) is 73.1 Å². The maximum absolute atomic E-state index is 5.11. The number of benzene rings is 2. The summed E-state index contributed by atoms with van der Waals surface area (Å²) in [6, 6.07) is 22.4. The minimum atomic E-state index is -0.0217. The zero-order valence-corrected chi connectivity index (χ0v) is 26.8. The minimum absolute atomic E-state index is 0.0217. The van der Waals surface area contributed by atoms with Crippen molar-refractivity contribution in [1.82, 2.24) is 9.55 Å². The summed E-state index contributed by atoms with van der Waals surface area (Å²) in [6.07, 6.45) is 28.3. The average Bonchev–Trinajstić information content (AvgIpc) is 3.46. The summed E-state index contributed by atoms with van der Waals surface area (Å²) < 4.78 is 2.51. The summed E-state index contributed by atoms with van der Waals surface area (Å²) in [4.78, 5) is 5.11. The number of hydrogen-bond acceptors (Lipinski definition) is 1. The molecule has 2 unspecified atom stereocenters. The van der Waals surface area contributed by atoms with Crippen LogP contribution in [0.2, 0.25) is 0 Å². The highest BCUT2D eigenvalue weighted by atomic mass is 15.1. The zero-order valence-electron chi connectivity index (χ0n) is 26.8. The molecule has 3 rings (SSSR count). The number of rotatable bonds is 23. The highest BCUT2D eigenvalue weighted by Gasteiger charge is 2.39. The summed E-state index contributed by atoms with van der Waals surface area (Å²) >= 11 is 0. The second-order valence-corrected chi connectivity index (χ2v) is 12.7. The van der Waals surface area contributed by atoms with Gasteiger partial charge in [-0.2, -0.15) is 0 Å². The number of imidazole rings is 1. The van der Waals surface area contributed by atoms with Crippen LogP contribution < -0.4 is 0 Å². The van der Waals surface area contributed by atoms with Crippen LogP contribution in [-0.4, -0.2) is 9.55 Å². The van der Waals surface area contributed by atoms with Crippen LogP contribution in [0.3, 0.4) is 0 Å². The molecule has 0 amide bonds. The first-order chi connectivity index (χ1) is 20.2. The Kier molecular flexibility index (Phi) is 15.9. The van der Waals surface area contributed by atoms with Crippen molar-refractivity contribution >= 4 is 0 Å². The molecule has 0 aliphatic rings. The molecule has 0 N–H and O–H groups in total. The second kappa shape index (κ2) is 19.7. The van der Waals surface area contributed by atoms with Crippen molar-refractivity contribution in [3.8, 4) is 0 Å². The van der Waals surface area contributed by atoms with Gasteiger partial charge in [-0.05, 0) is 30.4 Å². The van der Waals surface area contributed by atoms with Crippen molar-refractivity contribution in [3.63, 3.8) is 0 Å². The largest absolute Gasteiger partial charge is 0.335 e. The lowest BCUT2D eigenvalue weighted by atomic mass is 9.66. The summed E-state index contributed by atoms with van der Waals surface area (Å²) in [5, 5.41) is 0. The molecule has 0 spiro atoms. The quantitative estimate of drug-likeness (QED) is 0.106. The molecule has 0 radical (unpaired) electrons. The van der Waals surface area contributed by atoms with Crippen molar-refractivity contribution in [1.29, 1.82) is 0 Å². The molecule has 0 aliphatic heterocycles. The van der Waals surface area contributed by atoms with Gasteiger partial charge in [0.25, 0.3) is 0 Å². The number of aromatic nitrogens is 2. The smallest absolute Gasteiger partial charge is 0.112 e. The Morgan fingerprint density at radius 1 is 0.634 bits per heavy atom. The van der Waals surface area contributed by atoms with Gasteiger partial charge >= 0.3 is 0 Å². The van der Waals surface area contributed by atoms with Crippen LogP contribution in [0, 0.1) is 0 Å². The minimum Gasteiger partial charge on any atom is -0.335 e. The lowest BCUT2D eigenvalue weighted by molar-refractivity contribution is 0.321. The van der Waals surface area contributed by atoms with Crippen molar-refractivity contribution < 1.29 is 0 Å². The van der Waals surface area contributed by atoms with E-state index >= 15 is 0 Å². The first kappa shape index (κ1) is 33.2. The van der Waals surface area contributed by atoms with Crippen LogP contribution in [0.25, 0.3) is 0 Å². The fourth-order valence-corrected chi connectivity index (χ4v) is 6.72. The highest BCUT2D eigenvalue weighted by Crippen LogP contribution is 2.44.